The van der Waals surface area contributed by atoms with Crippen LogP contribution in [0.15, 0.2) is 36.7 Å². The largest absolute Gasteiger partial charge is 0.348 e. The van der Waals surface area contributed by atoms with Crippen LogP contribution in [-0.4, -0.2) is 21.1 Å². The molecule has 106 valence electrons. The van der Waals surface area contributed by atoms with Crippen molar-refractivity contribution in [1.82, 2.24) is 20.5 Å². The quantitative estimate of drug-likeness (QED) is 0.774. The lowest BCUT2D eigenvalue weighted by molar-refractivity contribution is 0.0951. The van der Waals surface area contributed by atoms with Crippen molar-refractivity contribution in [3.05, 3.63) is 59.2 Å². The van der Waals surface area contributed by atoms with Gasteiger partial charge in [0.15, 0.2) is 0 Å². The van der Waals surface area contributed by atoms with E-state index < -0.39 is 0 Å². The highest BCUT2D eigenvalue weighted by atomic mass is 16.1. The van der Waals surface area contributed by atoms with Crippen LogP contribution in [0.3, 0.4) is 0 Å². The molecule has 2 aromatic heterocycles. The van der Waals surface area contributed by atoms with Crippen molar-refractivity contribution in [3.63, 3.8) is 0 Å². The Morgan fingerprint density at radius 1 is 1.24 bits per heavy atom. The molecule has 0 atom stereocenters. The molecule has 0 bridgehead atoms. The summed E-state index contributed by atoms with van der Waals surface area (Å²) >= 11 is 0. The molecule has 3 aromatic rings. The summed E-state index contributed by atoms with van der Waals surface area (Å²) < 4.78 is 0. The van der Waals surface area contributed by atoms with Gasteiger partial charge in [-0.25, -0.2) is 0 Å². The van der Waals surface area contributed by atoms with Crippen molar-refractivity contribution < 1.29 is 4.79 Å². The van der Waals surface area contributed by atoms with Crippen molar-refractivity contribution >= 4 is 16.7 Å². The Labute approximate surface area is 122 Å². The molecule has 1 amide bonds. The maximum absolute atomic E-state index is 12.2. The minimum Gasteiger partial charge on any atom is -0.348 e. The summed E-state index contributed by atoms with van der Waals surface area (Å²) in [6.07, 6.45) is 3.51. The summed E-state index contributed by atoms with van der Waals surface area (Å²) in [5, 5.41) is 12.0. The van der Waals surface area contributed by atoms with Crippen molar-refractivity contribution in [2.24, 2.45) is 0 Å². The third kappa shape index (κ3) is 2.63. The number of carbonyl (C=O) groups is 1. The van der Waals surface area contributed by atoms with Gasteiger partial charge in [-0.1, -0.05) is 6.07 Å². The van der Waals surface area contributed by atoms with Crippen LogP contribution in [0, 0.1) is 13.8 Å². The molecule has 0 unspecified atom stereocenters. The minimum absolute atomic E-state index is 0.0892. The fourth-order valence-electron chi connectivity index (χ4n) is 2.33. The number of H-pyrrole nitrogens is 1. The number of carbonyl (C=O) groups excluding carboxylic acids is 1. The average Bonchev–Trinajstić information content (AvgIpc) is 2.83. The minimum atomic E-state index is -0.0892. The van der Waals surface area contributed by atoms with Gasteiger partial charge < -0.3 is 5.32 Å². The van der Waals surface area contributed by atoms with Crippen molar-refractivity contribution in [3.8, 4) is 0 Å². The number of aromatic nitrogens is 3. The van der Waals surface area contributed by atoms with Gasteiger partial charge in [-0.15, -0.1) is 0 Å². The number of pyridine rings is 1. The number of hydrogen-bond acceptors (Lipinski definition) is 3. The lowest BCUT2D eigenvalue weighted by Gasteiger charge is -2.06. The molecule has 0 fully saturated rings. The van der Waals surface area contributed by atoms with Gasteiger partial charge in [-0.3, -0.25) is 14.9 Å². The summed E-state index contributed by atoms with van der Waals surface area (Å²) in [6, 6.07) is 7.50. The number of aromatic amines is 1. The maximum Gasteiger partial charge on any atom is 0.251 e. The van der Waals surface area contributed by atoms with Crippen LogP contribution in [0.25, 0.3) is 10.8 Å². The standard InChI is InChI=1S/C16H16N4O/c1-10-15(11(2)20-19-10)9-18-16(21)13-3-4-14-8-17-6-5-12(14)7-13/h3-8H,9H2,1-2H3,(H,18,21)(H,19,20). The number of nitrogens with one attached hydrogen (secondary N) is 2. The average molecular weight is 280 g/mol. The summed E-state index contributed by atoms with van der Waals surface area (Å²) in [6.45, 7) is 4.35. The van der Waals surface area contributed by atoms with Crippen LogP contribution in [0.2, 0.25) is 0 Å². The van der Waals surface area contributed by atoms with E-state index in [0.29, 0.717) is 12.1 Å². The molecule has 3 rings (SSSR count). The van der Waals surface area contributed by atoms with Gasteiger partial charge >= 0.3 is 0 Å². The van der Waals surface area contributed by atoms with E-state index in [0.717, 1.165) is 27.7 Å². The predicted octanol–water partition coefficient (Wildman–Crippen LogP) is 2.50. The van der Waals surface area contributed by atoms with Crippen LogP contribution in [0.4, 0.5) is 0 Å². The zero-order valence-electron chi connectivity index (χ0n) is 12.0. The Morgan fingerprint density at radius 2 is 2.10 bits per heavy atom. The number of rotatable bonds is 3. The van der Waals surface area contributed by atoms with Crippen LogP contribution in [-0.2, 0) is 6.54 Å². The van der Waals surface area contributed by atoms with Gasteiger partial charge in [0.2, 0.25) is 0 Å². The zero-order valence-corrected chi connectivity index (χ0v) is 12.0. The number of hydrogen-bond donors (Lipinski definition) is 2. The second-order valence-electron chi connectivity index (χ2n) is 5.03. The van der Waals surface area contributed by atoms with Gasteiger partial charge in [-0.05, 0) is 37.4 Å². The lowest BCUT2D eigenvalue weighted by Crippen LogP contribution is -2.23. The van der Waals surface area contributed by atoms with Gasteiger partial charge in [-0.2, -0.15) is 5.10 Å². The number of amides is 1. The van der Waals surface area contributed by atoms with Crippen molar-refractivity contribution in [1.29, 1.82) is 0 Å². The molecule has 5 nitrogen and oxygen atoms in total. The molecule has 0 saturated heterocycles. The van der Waals surface area contributed by atoms with Crippen molar-refractivity contribution in [2.45, 2.75) is 20.4 Å². The molecule has 5 heteroatoms. The second-order valence-corrected chi connectivity index (χ2v) is 5.03. The van der Waals surface area contributed by atoms with Gasteiger partial charge in [0.1, 0.15) is 0 Å². The Hall–Kier alpha value is -2.69. The molecule has 2 N–H and O–H groups in total. The van der Waals surface area contributed by atoms with E-state index in [1.165, 1.54) is 0 Å². The first kappa shape index (κ1) is 13.3. The Kier molecular flexibility index (Phi) is 3.39. The monoisotopic (exact) mass is 280 g/mol. The highest BCUT2D eigenvalue weighted by molar-refractivity contribution is 5.98. The first-order valence-electron chi connectivity index (χ1n) is 6.77. The normalized spacial score (nSPS) is 10.8. The molecule has 21 heavy (non-hydrogen) atoms. The van der Waals surface area contributed by atoms with E-state index in [4.69, 9.17) is 0 Å². The van der Waals surface area contributed by atoms with E-state index in [-0.39, 0.29) is 5.91 Å². The van der Waals surface area contributed by atoms with E-state index in [9.17, 15) is 4.79 Å². The summed E-state index contributed by atoms with van der Waals surface area (Å²) in [7, 11) is 0. The fourth-order valence-corrected chi connectivity index (χ4v) is 2.33. The molecule has 0 radical (unpaired) electrons. The molecular formula is C16H16N4O. The number of benzene rings is 1. The van der Waals surface area contributed by atoms with Crippen LogP contribution >= 0.6 is 0 Å². The maximum atomic E-state index is 12.2. The summed E-state index contributed by atoms with van der Waals surface area (Å²) in [5.41, 5.74) is 3.58. The zero-order chi connectivity index (χ0) is 14.8. The SMILES string of the molecule is Cc1n[nH]c(C)c1CNC(=O)c1ccc2cnccc2c1. The molecule has 0 aliphatic carbocycles. The lowest BCUT2D eigenvalue weighted by atomic mass is 10.1. The van der Waals surface area contributed by atoms with Gasteiger partial charge in [0, 0.05) is 41.1 Å². The molecule has 0 saturated carbocycles. The van der Waals surface area contributed by atoms with Crippen LogP contribution in [0.5, 0.6) is 0 Å². The van der Waals surface area contributed by atoms with Crippen LogP contribution < -0.4 is 5.32 Å². The Balaban J connectivity index is 1.78. The number of fused-ring (bicyclic) bond motifs is 1. The molecule has 0 spiro atoms. The molecule has 0 aliphatic heterocycles. The molecule has 0 aliphatic rings. The van der Waals surface area contributed by atoms with Gasteiger partial charge in [0.25, 0.3) is 5.91 Å². The van der Waals surface area contributed by atoms with Crippen LogP contribution in [0.1, 0.15) is 27.3 Å². The number of nitrogens with zero attached hydrogens (tertiary/aromatic N) is 2. The second kappa shape index (κ2) is 5.36. The first-order chi connectivity index (χ1) is 10.1. The molecular weight excluding hydrogens is 264 g/mol. The topological polar surface area (TPSA) is 70.7 Å². The molecule has 2 heterocycles. The summed E-state index contributed by atoms with van der Waals surface area (Å²) in [4.78, 5) is 16.3. The third-order valence-electron chi connectivity index (χ3n) is 3.61. The first-order valence-corrected chi connectivity index (χ1v) is 6.77. The predicted molar refractivity (Wildman–Crippen MR) is 81.0 cm³/mol. The van der Waals surface area contributed by atoms with E-state index >= 15 is 0 Å². The van der Waals surface area contributed by atoms with Crippen molar-refractivity contribution in [2.75, 3.05) is 0 Å². The van der Waals surface area contributed by atoms with E-state index in [1.54, 1.807) is 12.4 Å². The smallest absolute Gasteiger partial charge is 0.251 e. The Bertz CT molecular complexity index is 787. The highest BCUT2D eigenvalue weighted by Gasteiger charge is 2.10. The highest BCUT2D eigenvalue weighted by Crippen LogP contribution is 2.15. The van der Waals surface area contributed by atoms with E-state index in [1.807, 2.05) is 38.1 Å². The third-order valence-corrected chi connectivity index (χ3v) is 3.61. The molecule has 1 aromatic carbocycles. The number of aryl methyl sites for hydroxylation is 2. The van der Waals surface area contributed by atoms with E-state index in [2.05, 4.69) is 20.5 Å². The Morgan fingerprint density at radius 3 is 2.86 bits per heavy atom. The van der Waals surface area contributed by atoms with Gasteiger partial charge in [0.05, 0.1) is 5.69 Å². The fraction of sp³-hybridized carbons (Fsp3) is 0.188. The summed E-state index contributed by atoms with van der Waals surface area (Å²) in [5.74, 6) is -0.0892.